The summed E-state index contributed by atoms with van der Waals surface area (Å²) in [4.78, 5) is 32.2. The highest BCUT2D eigenvalue weighted by atomic mass is 127. The second kappa shape index (κ2) is 8.72. The molecule has 0 radical (unpaired) electrons. The topological polar surface area (TPSA) is 73.8 Å². The third kappa shape index (κ3) is 3.91. The van der Waals surface area contributed by atoms with Gasteiger partial charge in [-0.2, -0.15) is 0 Å². The zero-order valence-electron chi connectivity index (χ0n) is 15.3. The van der Waals surface area contributed by atoms with E-state index in [1.807, 2.05) is 11.4 Å². The van der Waals surface area contributed by atoms with Crippen molar-refractivity contribution in [1.29, 1.82) is 0 Å². The molecule has 4 unspecified atom stereocenters. The monoisotopic (exact) mass is 500 g/mol. The third-order valence-electron chi connectivity index (χ3n) is 5.65. The largest absolute Gasteiger partial charge is 0.356 e. The van der Waals surface area contributed by atoms with E-state index in [0.717, 1.165) is 25.3 Å². The number of allylic oxidation sites excluding steroid dienone is 2. The first-order valence-corrected chi connectivity index (χ1v) is 10.1. The number of hydrogen-bond acceptors (Lipinski definition) is 4. The highest BCUT2D eigenvalue weighted by molar-refractivity contribution is 14.0. The van der Waals surface area contributed by atoms with Gasteiger partial charge in [0.05, 0.1) is 18.4 Å². The number of amides is 2. The Morgan fingerprint density at radius 2 is 1.93 bits per heavy atom. The van der Waals surface area contributed by atoms with E-state index in [1.54, 1.807) is 18.4 Å². The number of carbonyl (C=O) groups excluding carboxylic acids is 2. The van der Waals surface area contributed by atoms with Crippen molar-refractivity contribution in [2.24, 2.45) is 28.7 Å². The van der Waals surface area contributed by atoms with Crippen LogP contribution in [-0.2, 0) is 16.1 Å². The van der Waals surface area contributed by atoms with Crippen molar-refractivity contribution in [3.63, 3.8) is 0 Å². The molecule has 4 atom stereocenters. The Morgan fingerprint density at radius 1 is 1.22 bits per heavy atom. The Kier molecular flexibility index (Phi) is 6.56. The van der Waals surface area contributed by atoms with Gasteiger partial charge >= 0.3 is 0 Å². The maximum Gasteiger partial charge on any atom is 0.233 e. The molecule has 0 aromatic carbocycles. The van der Waals surface area contributed by atoms with E-state index in [9.17, 15) is 9.59 Å². The number of likely N-dealkylation sites (tertiary alicyclic amines) is 1. The van der Waals surface area contributed by atoms with Gasteiger partial charge in [-0.15, -0.1) is 35.3 Å². The average molecular weight is 500 g/mol. The molecule has 6 nitrogen and oxygen atoms in total. The first-order valence-electron chi connectivity index (χ1n) is 9.19. The van der Waals surface area contributed by atoms with Gasteiger partial charge in [-0.25, -0.2) is 0 Å². The summed E-state index contributed by atoms with van der Waals surface area (Å²) < 4.78 is 0. The van der Waals surface area contributed by atoms with E-state index < -0.39 is 0 Å². The van der Waals surface area contributed by atoms with Gasteiger partial charge in [0, 0.05) is 25.0 Å². The summed E-state index contributed by atoms with van der Waals surface area (Å²) in [6.07, 6.45) is 5.96. The van der Waals surface area contributed by atoms with Gasteiger partial charge in [0.25, 0.3) is 0 Å². The molecule has 2 fully saturated rings. The van der Waals surface area contributed by atoms with Gasteiger partial charge in [0.1, 0.15) is 0 Å². The third-order valence-corrected chi connectivity index (χ3v) is 6.52. The molecule has 0 spiro atoms. The number of guanidine groups is 1. The van der Waals surface area contributed by atoms with Crippen molar-refractivity contribution in [2.45, 2.75) is 19.4 Å². The first-order chi connectivity index (χ1) is 12.7. The van der Waals surface area contributed by atoms with Crippen molar-refractivity contribution in [3.8, 4) is 0 Å². The van der Waals surface area contributed by atoms with Crippen LogP contribution in [0.1, 0.15) is 17.7 Å². The minimum absolute atomic E-state index is 0. The zero-order chi connectivity index (χ0) is 18.1. The number of fused-ring (bicyclic) bond motifs is 5. The number of aliphatic imine (C=N–C) groups is 1. The van der Waals surface area contributed by atoms with E-state index in [2.05, 4.69) is 33.8 Å². The molecule has 1 saturated heterocycles. The number of hydrogen-bond donors (Lipinski definition) is 2. The molecule has 2 heterocycles. The summed E-state index contributed by atoms with van der Waals surface area (Å²) in [5.74, 6) is 1.19. The molecule has 2 aliphatic carbocycles. The van der Waals surface area contributed by atoms with Gasteiger partial charge in [-0.3, -0.25) is 19.5 Å². The second-order valence-electron chi connectivity index (χ2n) is 7.11. The maximum atomic E-state index is 12.6. The highest BCUT2D eigenvalue weighted by Crippen LogP contribution is 2.52. The van der Waals surface area contributed by atoms with E-state index in [4.69, 9.17) is 0 Å². The molecule has 8 heteroatoms. The van der Waals surface area contributed by atoms with Crippen LogP contribution in [0.3, 0.4) is 0 Å². The molecule has 3 aliphatic rings. The average Bonchev–Trinajstić information content (AvgIpc) is 3.42. The number of nitrogens with one attached hydrogen (secondary N) is 2. The van der Waals surface area contributed by atoms with Gasteiger partial charge in [0.2, 0.25) is 11.8 Å². The second-order valence-corrected chi connectivity index (χ2v) is 8.15. The highest BCUT2D eigenvalue weighted by Gasteiger charge is 2.58. The minimum Gasteiger partial charge on any atom is -0.356 e. The molecule has 1 aliphatic heterocycles. The molecule has 1 saturated carbocycles. The Morgan fingerprint density at radius 3 is 2.52 bits per heavy atom. The van der Waals surface area contributed by atoms with Crippen LogP contribution in [0.15, 0.2) is 34.7 Å². The van der Waals surface area contributed by atoms with Gasteiger partial charge in [-0.1, -0.05) is 18.2 Å². The first kappa shape index (κ1) is 20.3. The maximum absolute atomic E-state index is 12.6. The summed E-state index contributed by atoms with van der Waals surface area (Å²) in [5.41, 5.74) is 0. The SMILES string of the molecule is CN=C(NCCCN1C(=O)C2C3C=CC(C3)C2C1=O)NCc1cccs1.I. The number of halogens is 1. The van der Waals surface area contributed by atoms with Crippen LogP contribution in [-0.4, -0.2) is 42.8 Å². The fourth-order valence-electron chi connectivity index (χ4n) is 4.43. The van der Waals surface area contributed by atoms with Crippen LogP contribution in [0.5, 0.6) is 0 Å². The molecular weight excluding hydrogens is 475 g/mol. The number of nitrogens with zero attached hydrogens (tertiary/aromatic N) is 2. The van der Waals surface area contributed by atoms with Gasteiger partial charge < -0.3 is 10.6 Å². The zero-order valence-corrected chi connectivity index (χ0v) is 18.4. The van der Waals surface area contributed by atoms with Crippen LogP contribution in [0.4, 0.5) is 0 Å². The molecular formula is C19H25IN4O2S. The Bertz CT molecular complexity index is 719. The molecule has 4 rings (SSSR count). The molecule has 1 aromatic rings. The van der Waals surface area contributed by atoms with Crippen molar-refractivity contribution in [2.75, 3.05) is 20.1 Å². The molecule has 2 N–H and O–H groups in total. The number of imide groups is 1. The van der Waals surface area contributed by atoms with Crippen LogP contribution in [0.2, 0.25) is 0 Å². The standard InChI is InChI=1S/C19H24N4O2S.HI/c1-20-19(22-11-14-4-2-9-26-14)21-7-3-8-23-17(24)15-12-5-6-13(10-12)16(15)18(23)25;/h2,4-6,9,12-13,15-16H,3,7-8,10-11H2,1H3,(H2,20,21,22);1H. The number of carbonyl (C=O) groups is 2. The van der Waals surface area contributed by atoms with Crippen LogP contribution < -0.4 is 10.6 Å². The van der Waals surface area contributed by atoms with Crippen molar-refractivity contribution >= 4 is 53.1 Å². The van der Waals surface area contributed by atoms with E-state index in [-0.39, 0.29) is 59.5 Å². The minimum atomic E-state index is -0.0920. The Hall–Kier alpha value is -1.42. The fraction of sp³-hybridized carbons (Fsp3) is 0.526. The smallest absolute Gasteiger partial charge is 0.233 e. The lowest BCUT2D eigenvalue weighted by molar-refractivity contribution is -0.140. The summed E-state index contributed by atoms with van der Waals surface area (Å²) >= 11 is 1.70. The summed E-state index contributed by atoms with van der Waals surface area (Å²) in [7, 11) is 1.74. The predicted molar refractivity (Wildman–Crippen MR) is 117 cm³/mol. The van der Waals surface area contributed by atoms with Gasteiger partial charge in [-0.05, 0) is 36.1 Å². The Balaban J connectivity index is 0.00000210. The quantitative estimate of drug-likeness (QED) is 0.157. The van der Waals surface area contributed by atoms with Crippen LogP contribution in [0.25, 0.3) is 0 Å². The molecule has 2 amide bonds. The number of rotatable bonds is 6. The number of thiophene rings is 1. The lowest BCUT2D eigenvalue weighted by Crippen LogP contribution is -2.39. The van der Waals surface area contributed by atoms with Crippen LogP contribution in [0, 0.1) is 23.7 Å². The van der Waals surface area contributed by atoms with E-state index in [1.165, 1.54) is 9.78 Å². The predicted octanol–water partition coefficient (Wildman–Crippen LogP) is 2.23. The molecule has 146 valence electrons. The summed E-state index contributed by atoms with van der Waals surface area (Å²) in [5, 5.41) is 8.56. The lowest BCUT2D eigenvalue weighted by Gasteiger charge is -2.18. The molecule has 27 heavy (non-hydrogen) atoms. The van der Waals surface area contributed by atoms with Crippen molar-refractivity contribution in [1.82, 2.24) is 15.5 Å². The van der Waals surface area contributed by atoms with E-state index in [0.29, 0.717) is 13.1 Å². The molecule has 1 aromatic heterocycles. The summed E-state index contributed by atoms with van der Waals surface area (Å²) in [6.45, 7) is 1.89. The lowest BCUT2D eigenvalue weighted by atomic mass is 9.85. The van der Waals surface area contributed by atoms with Crippen LogP contribution >= 0.6 is 35.3 Å². The van der Waals surface area contributed by atoms with Gasteiger partial charge in [0.15, 0.2) is 5.96 Å². The van der Waals surface area contributed by atoms with Crippen molar-refractivity contribution < 1.29 is 9.59 Å². The normalized spacial score (nSPS) is 28.5. The Labute approximate surface area is 180 Å². The van der Waals surface area contributed by atoms with E-state index >= 15 is 0 Å². The van der Waals surface area contributed by atoms with Crippen molar-refractivity contribution in [3.05, 3.63) is 34.5 Å². The fourth-order valence-corrected chi connectivity index (χ4v) is 5.08. The summed E-state index contributed by atoms with van der Waals surface area (Å²) in [6, 6.07) is 4.10. The molecule has 2 bridgehead atoms.